The molecule has 3 aromatic rings. The lowest BCUT2D eigenvalue weighted by Crippen LogP contribution is -2.48. The number of allylic oxidation sites excluding steroid dienone is 1. The number of hydrazine groups is 1. The van der Waals surface area contributed by atoms with Gasteiger partial charge in [-0.15, -0.1) is 0 Å². The molecule has 4 rings (SSSR count). The molecule has 0 saturated heterocycles. The van der Waals surface area contributed by atoms with Gasteiger partial charge in [0.25, 0.3) is 11.5 Å². The van der Waals surface area contributed by atoms with Crippen LogP contribution in [0.5, 0.6) is 17.2 Å². The highest BCUT2D eigenvalue weighted by atomic mass is 79.9. The van der Waals surface area contributed by atoms with Gasteiger partial charge in [-0.1, -0.05) is 39.7 Å². The van der Waals surface area contributed by atoms with Crippen LogP contribution < -0.4 is 20.5 Å². The molecular formula is C25H18BrClF3N5O4. The summed E-state index contributed by atoms with van der Waals surface area (Å²) in [6, 6.07) is 12.4. The Morgan fingerprint density at radius 1 is 1.18 bits per heavy atom. The van der Waals surface area contributed by atoms with Gasteiger partial charge in [0.15, 0.2) is 5.69 Å². The van der Waals surface area contributed by atoms with Gasteiger partial charge in [-0.05, 0) is 42.0 Å². The highest BCUT2D eigenvalue weighted by molar-refractivity contribution is 9.10. The molecule has 2 heterocycles. The van der Waals surface area contributed by atoms with E-state index in [0.717, 1.165) is 11.6 Å². The zero-order valence-corrected chi connectivity index (χ0v) is 22.3. The molecule has 0 fully saturated rings. The summed E-state index contributed by atoms with van der Waals surface area (Å²) < 4.78 is 52.3. The van der Waals surface area contributed by atoms with Gasteiger partial charge in [-0.3, -0.25) is 20.0 Å². The van der Waals surface area contributed by atoms with E-state index in [1.165, 1.54) is 30.3 Å². The molecule has 0 radical (unpaired) electrons. The second kappa shape index (κ2) is 11.4. The maximum Gasteiger partial charge on any atom is 0.437 e. The predicted octanol–water partition coefficient (Wildman–Crippen LogP) is 4.85. The number of hydrogen-bond donors (Lipinski definition) is 2. The van der Waals surface area contributed by atoms with Crippen molar-refractivity contribution < 1.29 is 27.4 Å². The lowest BCUT2D eigenvalue weighted by molar-refractivity contribution is -0.142. The van der Waals surface area contributed by atoms with Crippen molar-refractivity contribution >= 4 is 33.4 Å². The van der Waals surface area contributed by atoms with Crippen molar-refractivity contribution in [3.05, 3.63) is 92.3 Å². The van der Waals surface area contributed by atoms with Crippen LogP contribution in [0.3, 0.4) is 0 Å². The summed E-state index contributed by atoms with van der Waals surface area (Å²) in [7, 11) is 1.52. The van der Waals surface area contributed by atoms with Gasteiger partial charge in [0.05, 0.1) is 25.3 Å². The molecular weight excluding hydrogens is 607 g/mol. The fraction of sp³-hybridized carbons (Fsp3) is 0.200. The van der Waals surface area contributed by atoms with Crippen molar-refractivity contribution in [1.82, 2.24) is 20.4 Å². The first-order chi connectivity index (χ1) is 18.5. The van der Waals surface area contributed by atoms with Crippen molar-refractivity contribution in [1.29, 1.82) is 5.26 Å². The molecule has 2 aromatic carbocycles. The number of halogens is 5. The van der Waals surface area contributed by atoms with Crippen molar-refractivity contribution in [3.63, 3.8) is 0 Å². The molecule has 1 aromatic heterocycles. The van der Waals surface area contributed by atoms with E-state index >= 15 is 0 Å². The molecule has 0 spiro atoms. The minimum Gasteiger partial charge on any atom is -0.497 e. The van der Waals surface area contributed by atoms with Gasteiger partial charge >= 0.3 is 6.18 Å². The highest BCUT2D eigenvalue weighted by Gasteiger charge is 2.39. The third kappa shape index (κ3) is 6.71. The number of H-pyrrole nitrogens is 1. The third-order valence-corrected chi connectivity index (χ3v) is 6.34. The summed E-state index contributed by atoms with van der Waals surface area (Å²) in [5.74, 6) is -1.41. The number of amides is 1. The van der Waals surface area contributed by atoms with Crippen LogP contribution in [0.15, 0.2) is 59.0 Å². The molecule has 0 aliphatic carbocycles. The van der Waals surface area contributed by atoms with E-state index in [1.807, 2.05) is 0 Å². The quantitative estimate of drug-likeness (QED) is 0.361. The maximum absolute atomic E-state index is 14.0. The molecule has 0 bridgehead atoms. The van der Waals surface area contributed by atoms with Crippen molar-refractivity contribution in [2.75, 3.05) is 7.11 Å². The first kappa shape index (κ1) is 28.0. The zero-order valence-electron chi connectivity index (χ0n) is 20.0. The van der Waals surface area contributed by atoms with E-state index in [4.69, 9.17) is 26.3 Å². The molecule has 1 aliphatic heterocycles. The van der Waals surface area contributed by atoms with Crippen LogP contribution in [0.2, 0.25) is 5.02 Å². The topological polar surface area (TPSA) is 120 Å². The Hall–Kier alpha value is -4.02. The van der Waals surface area contributed by atoms with Gasteiger partial charge in [-0.2, -0.15) is 18.4 Å². The fourth-order valence-electron chi connectivity index (χ4n) is 3.67. The van der Waals surface area contributed by atoms with E-state index in [9.17, 15) is 22.8 Å². The van der Waals surface area contributed by atoms with Gasteiger partial charge in [0.2, 0.25) is 5.75 Å². The number of rotatable bonds is 7. The van der Waals surface area contributed by atoms with Crippen LogP contribution in [-0.2, 0) is 23.9 Å². The number of carbonyl (C=O) groups is 1. The molecule has 2 N–H and O–H groups in total. The van der Waals surface area contributed by atoms with Crippen LogP contribution in [-0.4, -0.2) is 32.8 Å². The lowest BCUT2D eigenvalue weighted by atomic mass is 10.1. The third-order valence-electron chi connectivity index (χ3n) is 5.44. The van der Waals surface area contributed by atoms with Crippen LogP contribution in [0.1, 0.15) is 22.6 Å². The number of nitrogens with zero attached hydrogens (tertiary/aromatic N) is 3. The Labute approximate surface area is 232 Å². The molecule has 39 heavy (non-hydrogen) atoms. The zero-order chi connectivity index (χ0) is 28.3. The molecule has 1 amide bonds. The van der Waals surface area contributed by atoms with Crippen LogP contribution in [0.25, 0.3) is 0 Å². The lowest BCUT2D eigenvalue weighted by Gasteiger charge is -2.32. The number of hydrogen-bond acceptors (Lipinski definition) is 7. The van der Waals surface area contributed by atoms with Crippen molar-refractivity contribution in [2.24, 2.45) is 0 Å². The number of ether oxygens (including phenoxy) is 2. The fourth-order valence-corrected chi connectivity index (χ4v) is 4.30. The molecule has 1 unspecified atom stereocenters. The smallest absolute Gasteiger partial charge is 0.437 e. The number of carbonyl (C=O) groups excluding carboxylic acids is 1. The minimum atomic E-state index is -5.05. The number of aromatic amines is 1. The summed E-state index contributed by atoms with van der Waals surface area (Å²) in [6.45, 7) is 0.175. The van der Waals surface area contributed by atoms with Gasteiger partial charge < -0.3 is 14.5 Å². The Morgan fingerprint density at radius 3 is 2.54 bits per heavy atom. The SMILES string of the molecule is COc1ccc(CN2NC(=O)C(Br)C=C2Cc2nc(C(F)(F)F)c(Oc3cc(Cl)cc(C#N)c3)c(=O)[nH]2)cc1. The van der Waals surface area contributed by atoms with Crippen molar-refractivity contribution in [2.45, 2.75) is 24.0 Å². The van der Waals surface area contributed by atoms with Crippen molar-refractivity contribution in [3.8, 4) is 23.3 Å². The summed E-state index contributed by atoms with van der Waals surface area (Å²) in [6.07, 6.45) is -3.80. The average Bonchev–Trinajstić information content (AvgIpc) is 2.88. The molecule has 1 atom stereocenters. The Bertz CT molecular complexity index is 1540. The number of benzene rings is 2. The number of alkyl halides is 4. The molecule has 0 saturated carbocycles. The molecule has 202 valence electrons. The summed E-state index contributed by atoms with van der Waals surface area (Å²) in [4.78, 5) is 30.3. The number of aromatic nitrogens is 2. The summed E-state index contributed by atoms with van der Waals surface area (Å²) in [5.41, 5.74) is 1.11. The highest BCUT2D eigenvalue weighted by Crippen LogP contribution is 2.35. The van der Waals surface area contributed by atoms with E-state index in [-0.39, 0.29) is 41.0 Å². The Morgan fingerprint density at radius 2 is 1.90 bits per heavy atom. The predicted molar refractivity (Wildman–Crippen MR) is 137 cm³/mol. The number of nitriles is 1. The van der Waals surface area contributed by atoms with E-state index in [0.29, 0.717) is 11.4 Å². The molecule has 1 aliphatic rings. The standard InChI is InChI=1S/C25H18BrClF3N5O4/c1-38-17-4-2-13(3-5-17)12-35-16(9-19(26)23(36)34-35)10-20-32-22(25(28,29)30)21(24(37)33-20)39-18-7-14(11-31)6-15(27)8-18/h2-9,19H,10,12H2,1H3,(H,34,36)(H,32,33,37). The van der Waals surface area contributed by atoms with E-state index in [2.05, 4.69) is 31.3 Å². The van der Waals surface area contributed by atoms with Crippen LogP contribution in [0.4, 0.5) is 13.2 Å². The maximum atomic E-state index is 14.0. The average molecular weight is 625 g/mol. The second-order valence-electron chi connectivity index (χ2n) is 8.22. The number of nitrogens with one attached hydrogen (secondary N) is 2. The van der Waals surface area contributed by atoms with Crippen LogP contribution >= 0.6 is 27.5 Å². The van der Waals surface area contributed by atoms with Gasteiger partial charge in [-0.25, -0.2) is 4.98 Å². The Balaban J connectivity index is 1.67. The first-order valence-corrected chi connectivity index (χ1v) is 12.4. The largest absolute Gasteiger partial charge is 0.497 e. The Kier molecular flexibility index (Phi) is 8.17. The van der Waals surface area contributed by atoms with E-state index < -0.39 is 28.0 Å². The van der Waals surface area contributed by atoms with Gasteiger partial charge in [0.1, 0.15) is 22.2 Å². The summed E-state index contributed by atoms with van der Waals surface area (Å²) in [5, 5.41) is 10.6. The first-order valence-electron chi connectivity index (χ1n) is 11.1. The van der Waals surface area contributed by atoms with Crippen LogP contribution in [0, 0.1) is 11.3 Å². The normalized spacial score (nSPS) is 15.3. The molecule has 9 nitrogen and oxygen atoms in total. The monoisotopic (exact) mass is 623 g/mol. The molecule has 14 heteroatoms. The second-order valence-corrected chi connectivity index (χ2v) is 9.65. The summed E-state index contributed by atoms with van der Waals surface area (Å²) >= 11 is 9.11. The van der Waals surface area contributed by atoms with E-state index in [1.54, 1.807) is 30.3 Å². The number of methoxy groups -OCH3 is 1. The van der Waals surface area contributed by atoms with Gasteiger partial charge in [0, 0.05) is 17.1 Å². The minimum absolute atomic E-state index is 0.0274.